The number of fused-ring (bicyclic) bond motifs is 3. The first kappa shape index (κ1) is 23.3. The molecule has 0 atom stereocenters. The zero-order valence-corrected chi connectivity index (χ0v) is 20.3. The Bertz CT molecular complexity index is 1330. The summed E-state index contributed by atoms with van der Waals surface area (Å²) in [5.41, 5.74) is 10.2. The molecular weight excluding hydrogens is 442 g/mol. The number of aromatic nitrogens is 2. The molecule has 9 nitrogen and oxygen atoms in total. The second-order valence-electron chi connectivity index (χ2n) is 8.66. The average molecular weight is 474 g/mol. The normalized spacial score (nSPS) is 16.3. The van der Waals surface area contributed by atoms with E-state index in [2.05, 4.69) is 4.57 Å². The van der Waals surface area contributed by atoms with E-state index in [0.29, 0.717) is 59.2 Å². The van der Waals surface area contributed by atoms with Crippen molar-refractivity contribution in [2.24, 2.45) is 17.5 Å². The summed E-state index contributed by atoms with van der Waals surface area (Å²) in [7, 11) is -0.208. The first-order chi connectivity index (χ1) is 15.6. The monoisotopic (exact) mass is 473 g/mol. The number of nitrogens with two attached hydrogens (primary N) is 2. The van der Waals surface area contributed by atoms with Crippen LogP contribution in [-0.4, -0.2) is 56.6 Å². The van der Waals surface area contributed by atoms with Crippen LogP contribution in [0.25, 0.3) is 27.6 Å². The SMILES string of the molecule is COc1ccc(S(C)(=O)=O)c2c1c1ncc(/C(=C(\C)N)N(C)N)cc1n2CC1CCOCC1. The van der Waals surface area contributed by atoms with Gasteiger partial charge in [0.1, 0.15) is 5.75 Å². The van der Waals surface area contributed by atoms with Crippen LogP contribution in [0.4, 0.5) is 0 Å². The zero-order valence-electron chi connectivity index (χ0n) is 19.5. The highest BCUT2D eigenvalue weighted by atomic mass is 32.2. The smallest absolute Gasteiger partial charge is 0.177 e. The molecule has 0 radical (unpaired) electrons. The Morgan fingerprint density at radius 2 is 2.03 bits per heavy atom. The minimum Gasteiger partial charge on any atom is -0.496 e. The molecule has 4 rings (SSSR count). The number of hydrogen-bond acceptors (Lipinski definition) is 8. The van der Waals surface area contributed by atoms with Crippen LogP contribution in [0.15, 0.2) is 35.0 Å². The van der Waals surface area contributed by atoms with Crippen molar-refractivity contribution in [1.82, 2.24) is 14.6 Å². The van der Waals surface area contributed by atoms with E-state index in [0.717, 1.165) is 23.9 Å². The molecule has 0 unspecified atom stereocenters. The zero-order chi connectivity index (χ0) is 23.9. The minimum atomic E-state index is -3.51. The first-order valence-electron chi connectivity index (χ1n) is 10.8. The van der Waals surface area contributed by atoms with Crippen LogP contribution in [0.5, 0.6) is 5.75 Å². The van der Waals surface area contributed by atoms with E-state index in [1.807, 2.05) is 6.07 Å². The highest BCUT2D eigenvalue weighted by molar-refractivity contribution is 7.91. The number of methoxy groups -OCH3 is 1. The van der Waals surface area contributed by atoms with E-state index in [-0.39, 0.29) is 4.90 Å². The van der Waals surface area contributed by atoms with Gasteiger partial charge in [-0.25, -0.2) is 14.3 Å². The molecule has 1 aromatic carbocycles. The molecule has 1 aliphatic heterocycles. The van der Waals surface area contributed by atoms with Crippen molar-refractivity contribution in [3.63, 3.8) is 0 Å². The quantitative estimate of drug-likeness (QED) is 0.413. The fraction of sp³-hybridized carbons (Fsp3) is 0.435. The summed E-state index contributed by atoms with van der Waals surface area (Å²) in [4.78, 5) is 5.00. The van der Waals surface area contributed by atoms with Gasteiger partial charge in [0, 0.05) is 50.5 Å². The number of allylic oxidation sites excluding steroid dienone is 1. The highest BCUT2D eigenvalue weighted by Crippen LogP contribution is 2.40. The van der Waals surface area contributed by atoms with Gasteiger partial charge in [0.2, 0.25) is 0 Å². The van der Waals surface area contributed by atoms with Crippen molar-refractivity contribution in [3.05, 3.63) is 35.7 Å². The predicted molar refractivity (Wildman–Crippen MR) is 129 cm³/mol. The molecule has 0 saturated carbocycles. The maximum atomic E-state index is 12.8. The van der Waals surface area contributed by atoms with E-state index in [1.54, 1.807) is 39.4 Å². The number of ether oxygens (including phenoxy) is 2. The fourth-order valence-electron chi connectivity index (χ4n) is 4.71. The van der Waals surface area contributed by atoms with Crippen molar-refractivity contribution < 1.29 is 17.9 Å². The molecule has 1 aliphatic rings. The number of nitrogens with zero attached hydrogens (tertiary/aromatic N) is 3. The summed E-state index contributed by atoms with van der Waals surface area (Å²) in [5.74, 6) is 6.98. The van der Waals surface area contributed by atoms with Crippen LogP contribution in [0.2, 0.25) is 0 Å². The van der Waals surface area contributed by atoms with Gasteiger partial charge in [-0.05, 0) is 43.9 Å². The standard InChI is InChI=1S/C23H31N5O4S/c1-14(24)22(27(2)25)16-11-17-21(26-12-16)20-18(31-3)5-6-19(33(4,29)30)23(20)28(17)13-15-7-9-32-10-8-15/h5-6,11-12,15H,7-10,13,24-25H2,1-4H3/b22-14-. The van der Waals surface area contributed by atoms with Gasteiger partial charge in [-0.1, -0.05) is 0 Å². The summed E-state index contributed by atoms with van der Waals surface area (Å²) in [5, 5.41) is 2.15. The molecule has 3 heterocycles. The molecule has 0 amide bonds. The Labute approximate surface area is 193 Å². The van der Waals surface area contributed by atoms with Crippen molar-refractivity contribution in [2.75, 3.05) is 33.6 Å². The van der Waals surface area contributed by atoms with Crippen molar-refractivity contribution in [2.45, 2.75) is 31.2 Å². The third kappa shape index (κ3) is 4.25. The van der Waals surface area contributed by atoms with E-state index in [4.69, 9.17) is 26.0 Å². The molecular formula is C23H31N5O4S. The molecule has 1 saturated heterocycles. The number of benzene rings is 1. The van der Waals surface area contributed by atoms with E-state index in [1.165, 1.54) is 11.3 Å². The highest BCUT2D eigenvalue weighted by Gasteiger charge is 2.26. The van der Waals surface area contributed by atoms with Gasteiger partial charge in [0.05, 0.1) is 39.6 Å². The molecule has 33 heavy (non-hydrogen) atoms. The van der Waals surface area contributed by atoms with E-state index >= 15 is 0 Å². The second-order valence-corrected chi connectivity index (χ2v) is 10.6. The van der Waals surface area contributed by atoms with Gasteiger partial charge < -0.3 is 24.8 Å². The topological polar surface area (TPSA) is 126 Å². The summed E-state index contributed by atoms with van der Waals surface area (Å²) in [6, 6.07) is 5.28. The van der Waals surface area contributed by atoms with Gasteiger partial charge in [0.25, 0.3) is 0 Å². The molecule has 2 aromatic heterocycles. The maximum Gasteiger partial charge on any atom is 0.177 e. The van der Waals surface area contributed by atoms with Crippen LogP contribution >= 0.6 is 0 Å². The van der Waals surface area contributed by atoms with Gasteiger partial charge in [-0.15, -0.1) is 0 Å². The molecule has 10 heteroatoms. The van der Waals surface area contributed by atoms with Gasteiger partial charge in [-0.2, -0.15) is 0 Å². The molecule has 4 N–H and O–H groups in total. The van der Waals surface area contributed by atoms with Crippen molar-refractivity contribution in [3.8, 4) is 5.75 Å². The Kier molecular flexibility index (Phi) is 6.26. The van der Waals surface area contributed by atoms with Crippen LogP contribution < -0.4 is 16.3 Å². The molecule has 1 fully saturated rings. The van der Waals surface area contributed by atoms with Crippen LogP contribution in [0.3, 0.4) is 0 Å². The molecule has 178 valence electrons. The molecule has 0 bridgehead atoms. The van der Waals surface area contributed by atoms with Gasteiger partial charge in [-0.3, -0.25) is 4.98 Å². The fourth-order valence-corrected chi connectivity index (χ4v) is 5.59. The summed E-state index contributed by atoms with van der Waals surface area (Å²) in [6.45, 7) is 3.82. The van der Waals surface area contributed by atoms with E-state index in [9.17, 15) is 8.42 Å². The Hall–Kier alpha value is -2.82. The van der Waals surface area contributed by atoms with Gasteiger partial charge in [0.15, 0.2) is 9.84 Å². The lowest BCUT2D eigenvalue weighted by Crippen LogP contribution is -2.26. The average Bonchev–Trinajstić information content (AvgIpc) is 3.06. The second kappa shape index (κ2) is 8.85. The number of hydrogen-bond donors (Lipinski definition) is 2. The number of rotatable bonds is 6. The Morgan fingerprint density at radius 3 is 2.61 bits per heavy atom. The predicted octanol–water partition coefficient (Wildman–Crippen LogP) is 2.48. The summed E-state index contributed by atoms with van der Waals surface area (Å²) >= 11 is 0. The lowest BCUT2D eigenvalue weighted by molar-refractivity contribution is 0.0619. The summed E-state index contributed by atoms with van der Waals surface area (Å²) < 4.78 is 38.8. The van der Waals surface area contributed by atoms with Crippen molar-refractivity contribution in [1.29, 1.82) is 0 Å². The van der Waals surface area contributed by atoms with Crippen LogP contribution in [-0.2, 0) is 21.1 Å². The lowest BCUT2D eigenvalue weighted by atomic mass is 10.0. The number of sulfone groups is 1. The third-order valence-corrected chi connectivity index (χ3v) is 7.30. The van der Waals surface area contributed by atoms with E-state index < -0.39 is 9.84 Å². The Morgan fingerprint density at radius 1 is 1.33 bits per heavy atom. The third-order valence-electron chi connectivity index (χ3n) is 6.17. The summed E-state index contributed by atoms with van der Waals surface area (Å²) in [6.07, 6.45) is 4.75. The van der Waals surface area contributed by atoms with Gasteiger partial charge >= 0.3 is 0 Å². The first-order valence-corrected chi connectivity index (χ1v) is 12.7. The van der Waals surface area contributed by atoms with Crippen LogP contribution in [0, 0.1) is 5.92 Å². The molecule has 3 aromatic rings. The maximum absolute atomic E-state index is 12.8. The lowest BCUT2D eigenvalue weighted by Gasteiger charge is -2.24. The number of pyridine rings is 1. The Balaban J connectivity index is 2.10. The minimum absolute atomic E-state index is 0.256. The largest absolute Gasteiger partial charge is 0.496 e. The number of hydrazine groups is 1. The van der Waals surface area contributed by atoms with Crippen LogP contribution in [0.1, 0.15) is 25.3 Å². The molecule has 0 aliphatic carbocycles. The molecule has 0 spiro atoms. The van der Waals surface area contributed by atoms with Crippen molar-refractivity contribution >= 4 is 37.5 Å².